The van der Waals surface area contributed by atoms with E-state index in [2.05, 4.69) is 44.7 Å². The molecule has 0 saturated carbocycles. The van der Waals surface area contributed by atoms with Crippen LogP contribution in [0, 0.1) is 0 Å². The highest BCUT2D eigenvalue weighted by atomic mass is 35.5. The summed E-state index contributed by atoms with van der Waals surface area (Å²) in [5.74, 6) is 1.34. The summed E-state index contributed by atoms with van der Waals surface area (Å²) in [6, 6.07) is 21.2. The van der Waals surface area contributed by atoms with E-state index in [-0.39, 0.29) is 23.2 Å². The first kappa shape index (κ1) is 34.7. The molecule has 2 saturated heterocycles. The van der Waals surface area contributed by atoms with E-state index in [0.29, 0.717) is 60.8 Å². The van der Waals surface area contributed by atoms with Gasteiger partial charge in [-0.15, -0.1) is 0 Å². The first-order chi connectivity index (χ1) is 22.6. The Morgan fingerprint density at radius 3 is 2.17 bits per heavy atom. The van der Waals surface area contributed by atoms with E-state index >= 15 is 0 Å². The number of urea groups is 1. The maximum absolute atomic E-state index is 15.0. The summed E-state index contributed by atoms with van der Waals surface area (Å²) in [5.41, 5.74) is 1.60. The average Bonchev–Trinajstić information content (AvgIpc) is 3.45. The Hall–Kier alpha value is -3.11. The van der Waals surface area contributed by atoms with E-state index in [1.54, 1.807) is 0 Å². The maximum atomic E-state index is 15.0. The fourth-order valence-electron chi connectivity index (χ4n) is 7.75. The van der Waals surface area contributed by atoms with E-state index in [1.807, 2.05) is 71.3 Å². The highest BCUT2D eigenvalue weighted by Gasteiger charge is 2.72. The first-order valence-corrected chi connectivity index (χ1v) is 19.3. The number of hydrogen-bond acceptors (Lipinski definition) is 6. The van der Waals surface area contributed by atoms with Crippen LogP contribution in [-0.2, 0) is 26.3 Å². The Kier molecular flexibility index (Phi) is 9.16. The van der Waals surface area contributed by atoms with Crippen LogP contribution >= 0.6 is 23.2 Å². The molecule has 3 aromatic carbocycles. The van der Waals surface area contributed by atoms with Crippen molar-refractivity contribution in [3.05, 3.63) is 99.0 Å². The molecule has 3 heterocycles. The summed E-state index contributed by atoms with van der Waals surface area (Å²) < 4.78 is 30.2. The zero-order valence-corrected chi connectivity index (χ0v) is 30.8. The Labute approximate surface area is 294 Å². The van der Waals surface area contributed by atoms with E-state index < -0.39 is 20.9 Å². The van der Waals surface area contributed by atoms with Gasteiger partial charge in [-0.3, -0.25) is 14.8 Å². The van der Waals surface area contributed by atoms with Crippen LogP contribution in [0.15, 0.2) is 71.7 Å². The molecule has 2 fully saturated rings. The van der Waals surface area contributed by atoms with Gasteiger partial charge in [-0.25, -0.2) is 13.2 Å². The number of hydrogen-bond donors (Lipinski definition) is 0. The fraction of sp³-hybridized carbons (Fsp3) is 0.459. The minimum absolute atomic E-state index is 0.114. The molecule has 2 amide bonds. The van der Waals surface area contributed by atoms with Crippen LogP contribution in [0.4, 0.5) is 4.79 Å². The van der Waals surface area contributed by atoms with Gasteiger partial charge in [0.05, 0.1) is 24.0 Å². The van der Waals surface area contributed by atoms with Gasteiger partial charge >= 0.3 is 6.03 Å². The lowest BCUT2D eigenvalue weighted by molar-refractivity contribution is 0.0460. The van der Waals surface area contributed by atoms with Gasteiger partial charge in [0.15, 0.2) is 0 Å². The van der Waals surface area contributed by atoms with Gasteiger partial charge in [-0.2, -0.15) is 0 Å². The number of carbonyl (C=O) groups excluding carboxylic acids is 1. The van der Waals surface area contributed by atoms with E-state index in [1.165, 1.54) is 6.26 Å². The number of rotatable bonds is 9. The van der Waals surface area contributed by atoms with Crippen LogP contribution in [0.5, 0.6) is 5.75 Å². The minimum atomic E-state index is -3.09. The molecule has 0 aromatic heterocycles. The van der Waals surface area contributed by atoms with E-state index in [0.717, 1.165) is 22.3 Å². The van der Waals surface area contributed by atoms with Gasteiger partial charge in [-0.05, 0) is 85.3 Å². The van der Waals surface area contributed by atoms with Gasteiger partial charge in [0.2, 0.25) is 0 Å². The number of aliphatic imine (C=N–C) groups is 1. The molecule has 48 heavy (non-hydrogen) atoms. The molecule has 11 heteroatoms. The zero-order valence-electron chi connectivity index (χ0n) is 28.5. The largest absolute Gasteiger partial charge is 0.493 e. The van der Waals surface area contributed by atoms with Crippen LogP contribution in [0.1, 0.15) is 63.3 Å². The van der Waals surface area contributed by atoms with Gasteiger partial charge in [0, 0.05) is 35.9 Å². The third-order valence-corrected chi connectivity index (χ3v) is 11.6. The van der Waals surface area contributed by atoms with Crippen molar-refractivity contribution in [1.29, 1.82) is 0 Å². The number of nitrogens with zero attached hydrogens (tertiary/aromatic N) is 4. The van der Waals surface area contributed by atoms with Gasteiger partial charge in [0.1, 0.15) is 32.5 Å². The van der Waals surface area contributed by atoms with Crippen molar-refractivity contribution < 1.29 is 17.9 Å². The summed E-state index contributed by atoms with van der Waals surface area (Å²) in [6.45, 7) is 13.3. The Balaban J connectivity index is 1.59. The number of amides is 2. The second-order valence-corrected chi connectivity index (χ2v) is 17.4. The monoisotopic (exact) mass is 710 g/mol. The van der Waals surface area contributed by atoms with Crippen molar-refractivity contribution in [3.8, 4) is 5.75 Å². The molecule has 3 aliphatic heterocycles. The molecule has 3 aliphatic rings. The van der Waals surface area contributed by atoms with Crippen LogP contribution in [0.2, 0.25) is 10.0 Å². The first-order valence-electron chi connectivity index (χ1n) is 16.5. The van der Waals surface area contributed by atoms with E-state index in [4.69, 9.17) is 32.9 Å². The van der Waals surface area contributed by atoms with Gasteiger partial charge < -0.3 is 9.64 Å². The minimum Gasteiger partial charge on any atom is -0.493 e. The molecule has 3 atom stereocenters. The number of carbonyl (C=O) groups is 1. The molecule has 1 unspecified atom stereocenters. The molecule has 0 aliphatic carbocycles. The molecule has 0 N–H and O–H groups in total. The summed E-state index contributed by atoms with van der Waals surface area (Å²) in [7, 11) is -3.09. The number of halogens is 2. The molecule has 3 aromatic rings. The van der Waals surface area contributed by atoms with Crippen molar-refractivity contribution in [1.82, 2.24) is 14.7 Å². The third-order valence-electron chi connectivity index (χ3n) is 10.1. The van der Waals surface area contributed by atoms with Crippen molar-refractivity contribution in [3.63, 3.8) is 0 Å². The lowest BCUT2D eigenvalue weighted by atomic mass is 9.65. The summed E-state index contributed by atoms with van der Waals surface area (Å²) in [5, 5.41) is 1.20. The number of benzene rings is 3. The number of fused-ring (bicyclic) bond motifs is 3. The van der Waals surface area contributed by atoms with Crippen molar-refractivity contribution in [2.24, 2.45) is 4.99 Å². The average molecular weight is 712 g/mol. The molecular weight excluding hydrogens is 667 g/mol. The third kappa shape index (κ3) is 5.91. The molecule has 6 rings (SSSR count). The highest BCUT2D eigenvalue weighted by molar-refractivity contribution is 7.90. The topological polar surface area (TPSA) is 82.5 Å². The molecule has 0 radical (unpaired) electrons. The van der Waals surface area contributed by atoms with Crippen molar-refractivity contribution >= 4 is 44.9 Å². The van der Waals surface area contributed by atoms with Crippen molar-refractivity contribution in [2.45, 2.75) is 63.6 Å². The summed E-state index contributed by atoms with van der Waals surface area (Å²) in [4.78, 5) is 26.7. The lowest BCUT2D eigenvalue weighted by Crippen LogP contribution is -2.63. The predicted octanol–water partition coefficient (Wildman–Crippen LogP) is 7.12. The second kappa shape index (κ2) is 12.7. The van der Waals surface area contributed by atoms with Crippen LogP contribution in [0.3, 0.4) is 0 Å². The number of ether oxygens (including phenoxy) is 1. The smallest absolute Gasteiger partial charge is 0.327 e. The summed E-state index contributed by atoms with van der Waals surface area (Å²) in [6.07, 6.45) is 1.79. The maximum Gasteiger partial charge on any atom is 0.327 e. The second-order valence-electron chi connectivity index (χ2n) is 14.3. The van der Waals surface area contributed by atoms with Crippen molar-refractivity contribution in [2.75, 3.05) is 44.8 Å². The standard InChI is InChI=1S/C37H44Cl2N4O4S/c1-7-47-31-23-27(35(2,3)4)13-18-30(31)33-40-36(5,25-9-14-28(38)15-10-25)37(26-11-16-29(39)17-12-26)32-24-41(19-8-22-48(6,45)46)20-21-42(32)34(44)43(33)37/h9-18,23,32H,7-8,19-22,24H2,1-6H3/t32?,36-,37-/m1/s1. The van der Waals surface area contributed by atoms with Gasteiger partial charge in [0.25, 0.3) is 0 Å². The molecule has 0 bridgehead atoms. The normalized spacial score (nSPS) is 24.5. The number of piperazine rings is 1. The van der Waals surface area contributed by atoms with Crippen LogP contribution in [0.25, 0.3) is 0 Å². The Morgan fingerprint density at radius 2 is 1.58 bits per heavy atom. The number of amidine groups is 1. The van der Waals surface area contributed by atoms with Crippen LogP contribution < -0.4 is 4.74 Å². The lowest BCUT2D eigenvalue weighted by Gasteiger charge is -2.50. The quantitative estimate of drug-likeness (QED) is 0.236. The number of sulfone groups is 1. The van der Waals surface area contributed by atoms with Crippen LogP contribution in [-0.4, -0.2) is 85.8 Å². The molecule has 256 valence electrons. The van der Waals surface area contributed by atoms with E-state index in [9.17, 15) is 13.2 Å². The fourth-order valence-corrected chi connectivity index (χ4v) is 8.65. The zero-order chi connectivity index (χ0) is 34.6. The predicted molar refractivity (Wildman–Crippen MR) is 193 cm³/mol. The SMILES string of the molecule is CCOc1cc(C(C)(C)C)ccc1C1=N[C@](C)(c2ccc(Cl)cc2)[C@@]2(c3ccc(Cl)cc3)C3CN(CCCS(C)(=O)=O)CCN3C(=O)N12. The summed E-state index contributed by atoms with van der Waals surface area (Å²) >= 11 is 12.9. The highest BCUT2D eigenvalue weighted by Crippen LogP contribution is 2.60. The Bertz CT molecular complexity index is 1840. The molecule has 0 spiro atoms. The molecular formula is C37H44Cl2N4O4S. The molecule has 8 nitrogen and oxygen atoms in total. The van der Waals surface area contributed by atoms with Gasteiger partial charge in [-0.1, -0.05) is 74.3 Å². The Morgan fingerprint density at radius 1 is 0.958 bits per heavy atom.